The zero-order valence-electron chi connectivity index (χ0n) is 27.7. The highest BCUT2D eigenvalue weighted by Crippen LogP contribution is 2.35. The molecule has 10 heteroatoms. The molecule has 0 saturated carbocycles. The lowest BCUT2D eigenvalue weighted by Crippen LogP contribution is -2.25. The van der Waals surface area contributed by atoms with Crippen LogP contribution in [0.3, 0.4) is 0 Å². The maximum Gasteiger partial charge on any atom is 0.307 e. The number of aromatic nitrogens is 2. The van der Waals surface area contributed by atoms with Crippen LogP contribution in [0.2, 0.25) is 0 Å². The van der Waals surface area contributed by atoms with Crippen molar-refractivity contribution < 1.29 is 28.9 Å². The number of fused-ring (bicyclic) bond motifs is 1. The van der Waals surface area contributed by atoms with Gasteiger partial charge in [0.2, 0.25) is 12.7 Å². The number of rotatable bonds is 15. The molecule has 3 N–H and O–H groups in total. The van der Waals surface area contributed by atoms with E-state index in [1.165, 1.54) is 0 Å². The lowest BCUT2D eigenvalue weighted by atomic mass is 10.00. The molecule has 10 nitrogen and oxygen atoms in total. The van der Waals surface area contributed by atoms with E-state index in [1.807, 2.05) is 66.7 Å². The van der Waals surface area contributed by atoms with Crippen molar-refractivity contribution in [2.45, 2.75) is 52.4 Å². The Hall–Kier alpha value is -5.61. The van der Waals surface area contributed by atoms with Gasteiger partial charge >= 0.3 is 5.97 Å². The van der Waals surface area contributed by atoms with Crippen molar-refractivity contribution in [3.63, 3.8) is 0 Å². The summed E-state index contributed by atoms with van der Waals surface area (Å²) >= 11 is 0. The van der Waals surface area contributed by atoms with Crippen LogP contribution in [-0.4, -0.2) is 45.3 Å². The number of methoxy groups -OCH3 is 1. The molecule has 0 saturated heterocycles. The molecule has 0 fully saturated rings. The molecule has 0 unspecified atom stereocenters. The van der Waals surface area contributed by atoms with Gasteiger partial charge in [-0.05, 0) is 65.6 Å². The average Bonchev–Trinajstić information content (AvgIpc) is 3.72. The van der Waals surface area contributed by atoms with Crippen molar-refractivity contribution >= 4 is 11.9 Å². The molecule has 5 aromatic rings. The Labute approximate surface area is 285 Å². The highest BCUT2D eigenvalue weighted by Gasteiger charge is 2.24. The van der Waals surface area contributed by atoms with Crippen molar-refractivity contribution in [3.05, 3.63) is 119 Å². The molecular formula is C39H40N4O6. The summed E-state index contributed by atoms with van der Waals surface area (Å²) in [5, 5.41) is 9.58. The van der Waals surface area contributed by atoms with Gasteiger partial charge in [-0.2, -0.15) is 0 Å². The van der Waals surface area contributed by atoms with Crippen molar-refractivity contribution in [3.8, 4) is 39.9 Å². The number of carboxylic acids is 1. The van der Waals surface area contributed by atoms with Gasteiger partial charge < -0.3 is 29.6 Å². The van der Waals surface area contributed by atoms with Gasteiger partial charge in [-0.3, -0.25) is 14.5 Å². The van der Waals surface area contributed by atoms with E-state index in [9.17, 15) is 14.7 Å². The Bertz CT molecular complexity index is 1940. The van der Waals surface area contributed by atoms with Crippen LogP contribution in [0.5, 0.6) is 17.2 Å². The van der Waals surface area contributed by atoms with Crippen LogP contribution < -0.4 is 19.9 Å². The summed E-state index contributed by atoms with van der Waals surface area (Å²) < 4.78 is 19.0. The molecule has 1 aliphatic rings. The van der Waals surface area contributed by atoms with Crippen LogP contribution in [0, 0.1) is 0 Å². The van der Waals surface area contributed by atoms with Crippen molar-refractivity contribution in [1.82, 2.24) is 14.5 Å². The number of amides is 1. The summed E-state index contributed by atoms with van der Waals surface area (Å²) in [6.45, 7) is 4.68. The topological polar surface area (TPSA) is 129 Å². The fraction of sp³-hybridized carbons (Fsp3) is 0.256. The summed E-state index contributed by atoms with van der Waals surface area (Å²) in [6, 6.07) is 29.4. The van der Waals surface area contributed by atoms with Gasteiger partial charge in [-0.1, -0.05) is 61.9 Å². The van der Waals surface area contributed by atoms with Gasteiger partial charge in [-0.25, -0.2) is 4.98 Å². The third-order valence-electron chi connectivity index (χ3n) is 8.60. The lowest BCUT2D eigenvalue weighted by molar-refractivity contribution is -0.136. The van der Waals surface area contributed by atoms with Gasteiger partial charge in [-0.15, -0.1) is 0 Å². The van der Waals surface area contributed by atoms with E-state index in [0.717, 1.165) is 64.6 Å². The number of benzene rings is 4. The molecule has 0 radical (unpaired) electrons. The third kappa shape index (κ3) is 7.76. The van der Waals surface area contributed by atoms with E-state index in [-0.39, 0.29) is 18.8 Å². The molecular weight excluding hydrogens is 620 g/mol. The predicted molar refractivity (Wildman–Crippen MR) is 186 cm³/mol. The molecule has 252 valence electrons. The van der Waals surface area contributed by atoms with Crippen LogP contribution in [0.25, 0.3) is 22.6 Å². The first-order valence-electron chi connectivity index (χ1n) is 16.4. The largest absolute Gasteiger partial charge is 0.497 e. The fourth-order valence-corrected chi connectivity index (χ4v) is 6.22. The lowest BCUT2D eigenvalue weighted by Gasteiger charge is -2.25. The molecule has 1 aliphatic heterocycles. The molecule has 0 bridgehead atoms. The fourth-order valence-electron chi connectivity index (χ4n) is 6.22. The first-order chi connectivity index (χ1) is 23.8. The van der Waals surface area contributed by atoms with E-state index in [2.05, 4.69) is 28.5 Å². The van der Waals surface area contributed by atoms with Crippen LogP contribution in [-0.2, 0) is 37.4 Å². The second kappa shape index (κ2) is 15.1. The van der Waals surface area contributed by atoms with E-state index in [1.54, 1.807) is 19.2 Å². The summed E-state index contributed by atoms with van der Waals surface area (Å²) in [4.78, 5) is 31.4. The van der Waals surface area contributed by atoms with Crippen LogP contribution >= 0.6 is 0 Å². The van der Waals surface area contributed by atoms with Gasteiger partial charge in [0.15, 0.2) is 11.5 Å². The highest BCUT2D eigenvalue weighted by molar-refractivity contribution is 5.95. The molecule has 6 rings (SSSR count). The molecule has 4 aromatic carbocycles. The molecule has 1 amide bonds. The average molecular weight is 661 g/mol. The maximum atomic E-state index is 12.1. The van der Waals surface area contributed by atoms with E-state index >= 15 is 0 Å². The van der Waals surface area contributed by atoms with Crippen molar-refractivity contribution in [2.24, 2.45) is 5.73 Å². The molecule has 0 aliphatic carbocycles. The van der Waals surface area contributed by atoms with Crippen molar-refractivity contribution in [2.75, 3.05) is 13.9 Å². The van der Waals surface area contributed by atoms with Crippen LogP contribution in [0.4, 0.5) is 0 Å². The number of aliphatic carboxylic acids is 1. The SMILES string of the molecule is CCCCn1c(-c2ccccc2)nc(-c2ccc(OC)cc2)c1CN(Cc1ccc(C(N)=O)c(CC(=O)O)c1)Cc1ccc2c(c1)OCO2. The number of imidazole rings is 1. The number of hydrogen-bond donors (Lipinski definition) is 2. The first kappa shape index (κ1) is 33.3. The second-order valence-electron chi connectivity index (χ2n) is 12.1. The second-order valence-corrected chi connectivity index (χ2v) is 12.1. The monoisotopic (exact) mass is 660 g/mol. The highest BCUT2D eigenvalue weighted by atomic mass is 16.7. The number of unbranched alkanes of at least 4 members (excludes halogenated alkanes) is 1. The first-order valence-corrected chi connectivity index (χ1v) is 16.4. The Morgan fingerprint density at radius 1 is 0.898 bits per heavy atom. The van der Waals surface area contributed by atoms with Gasteiger partial charge in [0.25, 0.3) is 0 Å². The normalized spacial score (nSPS) is 12.0. The number of carbonyl (C=O) groups excluding carboxylic acids is 1. The summed E-state index contributed by atoms with van der Waals surface area (Å²) in [5.74, 6) is 1.38. The minimum atomic E-state index is -1.03. The Balaban J connectivity index is 1.46. The summed E-state index contributed by atoms with van der Waals surface area (Å²) in [5.41, 5.74) is 12.0. The van der Waals surface area contributed by atoms with Gasteiger partial charge in [0.1, 0.15) is 11.6 Å². The number of nitrogens with zero attached hydrogens (tertiary/aromatic N) is 3. The molecule has 49 heavy (non-hydrogen) atoms. The summed E-state index contributed by atoms with van der Waals surface area (Å²) in [6.07, 6.45) is 1.68. The van der Waals surface area contributed by atoms with Crippen LogP contribution in [0.1, 0.15) is 52.5 Å². The minimum absolute atomic E-state index is 0.186. The van der Waals surface area contributed by atoms with E-state index in [4.69, 9.17) is 24.9 Å². The zero-order chi connectivity index (χ0) is 34.3. The van der Waals surface area contributed by atoms with E-state index < -0.39 is 11.9 Å². The molecule has 0 spiro atoms. The maximum absolute atomic E-state index is 12.1. The standard InChI is InChI=1S/C39H40N4O6/c1-3-4-18-43-33(37(28-12-14-31(47-2)15-13-28)41-39(43)29-8-6-5-7-9-29)24-42(23-27-11-17-34-35(20-27)49-25-48-34)22-26-10-16-32(38(40)46)30(19-26)21-36(44)45/h5-17,19-20H,3-4,18,21-25H2,1-2H3,(H2,40,46)(H,44,45). The minimum Gasteiger partial charge on any atom is -0.497 e. The summed E-state index contributed by atoms with van der Waals surface area (Å²) in [7, 11) is 1.65. The predicted octanol–water partition coefficient (Wildman–Crippen LogP) is 6.68. The number of nitrogens with two attached hydrogens (primary N) is 1. The molecule has 2 heterocycles. The smallest absolute Gasteiger partial charge is 0.307 e. The Morgan fingerprint density at radius 3 is 2.31 bits per heavy atom. The number of carboxylic acid groups (broad SMARTS) is 1. The van der Waals surface area contributed by atoms with Crippen LogP contribution in [0.15, 0.2) is 91.0 Å². The molecule has 0 atom stereocenters. The number of hydrogen-bond acceptors (Lipinski definition) is 7. The van der Waals surface area contributed by atoms with Crippen molar-refractivity contribution in [1.29, 1.82) is 0 Å². The Morgan fingerprint density at radius 2 is 1.61 bits per heavy atom. The number of carbonyl (C=O) groups is 2. The third-order valence-corrected chi connectivity index (χ3v) is 8.60. The molecule has 1 aromatic heterocycles. The quantitative estimate of drug-likeness (QED) is 0.127. The van der Waals surface area contributed by atoms with Gasteiger partial charge in [0.05, 0.1) is 24.9 Å². The van der Waals surface area contributed by atoms with Gasteiger partial charge in [0, 0.05) is 42.9 Å². The number of primary amides is 1. The Kier molecular flexibility index (Phi) is 10.2. The number of ether oxygens (including phenoxy) is 3. The zero-order valence-corrected chi connectivity index (χ0v) is 27.7. The van der Waals surface area contributed by atoms with E-state index in [0.29, 0.717) is 36.7 Å².